The third-order valence-electron chi connectivity index (χ3n) is 4.74. The number of thiophene rings is 1. The van der Waals surface area contributed by atoms with Crippen molar-refractivity contribution in [2.24, 2.45) is 4.99 Å². The van der Waals surface area contributed by atoms with Crippen molar-refractivity contribution in [3.63, 3.8) is 0 Å². The van der Waals surface area contributed by atoms with Gasteiger partial charge in [0.25, 0.3) is 0 Å². The highest BCUT2D eigenvalue weighted by Gasteiger charge is 2.24. The van der Waals surface area contributed by atoms with Crippen molar-refractivity contribution in [1.29, 1.82) is 0 Å². The molecule has 1 unspecified atom stereocenters. The first-order chi connectivity index (χ1) is 13.5. The Hall–Kier alpha value is -1.16. The number of aliphatic imine (C=N–C) groups is 1. The second-order valence-electron chi connectivity index (χ2n) is 7.08. The summed E-state index contributed by atoms with van der Waals surface area (Å²) in [6.45, 7) is 13.1. The van der Waals surface area contributed by atoms with E-state index in [1.165, 1.54) is 11.1 Å². The van der Waals surface area contributed by atoms with E-state index >= 15 is 0 Å². The van der Waals surface area contributed by atoms with Crippen LogP contribution in [0.1, 0.15) is 43.7 Å². The van der Waals surface area contributed by atoms with Gasteiger partial charge in [0.15, 0.2) is 5.96 Å². The largest absolute Gasteiger partial charge is 0.383 e. The quantitative estimate of drug-likeness (QED) is 0.245. The van der Waals surface area contributed by atoms with Crippen LogP contribution in [0.4, 0.5) is 0 Å². The average Bonchev–Trinajstić information content (AvgIpc) is 3.25. The van der Waals surface area contributed by atoms with Crippen LogP contribution in [0.5, 0.6) is 0 Å². The Labute approximate surface area is 196 Å². The van der Waals surface area contributed by atoms with E-state index in [9.17, 15) is 5.11 Å². The molecule has 0 aliphatic heterocycles. The fourth-order valence-electron chi connectivity index (χ4n) is 2.90. The highest BCUT2D eigenvalue weighted by molar-refractivity contribution is 14.0. The molecule has 0 radical (unpaired) electrons. The molecule has 3 N–H and O–H groups in total. The maximum absolute atomic E-state index is 10.7. The van der Waals surface area contributed by atoms with Crippen LogP contribution in [-0.2, 0) is 18.7 Å². The smallest absolute Gasteiger partial charge is 0.191 e. The van der Waals surface area contributed by atoms with Crippen molar-refractivity contribution in [2.45, 2.75) is 46.4 Å². The topological polar surface area (TPSA) is 59.9 Å². The molecule has 1 aromatic carbocycles. The van der Waals surface area contributed by atoms with Crippen LogP contribution in [0.25, 0.3) is 0 Å². The number of guanidine groups is 1. The maximum Gasteiger partial charge on any atom is 0.191 e. The van der Waals surface area contributed by atoms with E-state index in [0.29, 0.717) is 19.0 Å². The first-order valence-electron chi connectivity index (χ1n) is 10.1. The van der Waals surface area contributed by atoms with E-state index < -0.39 is 5.60 Å². The number of rotatable bonds is 10. The van der Waals surface area contributed by atoms with Crippen LogP contribution in [-0.4, -0.2) is 42.1 Å². The number of hydrogen-bond acceptors (Lipinski definition) is 4. The van der Waals surface area contributed by atoms with Crippen molar-refractivity contribution in [3.05, 3.63) is 57.8 Å². The van der Waals surface area contributed by atoms with Crippen LogP contribution < -0.4 is 10.6 Å². The second-order valence-corrected chi connectivity index (χ2v) is 8.03. The van der Waals surface area contributed by atoms with Crippen molar-refractivity contribution in [2.75, 3.05) is 26.2 Å². The van der Waals surface area contributed by atoms with Crippen molar-refractivity contribution < 1.29 is 5.11 Å². The Morgan fingerprint density at radius 3 is 2.28 bits per heavy atom. The summed E-state index contributed by atoms with van der Waals surface area (Å²) >= 11 is 1.56. The third-order valence-corrected chi connectivity index (χ3v) is 5.86. The lowest BCUT2D eigenvalue weighted by atomic mass is 10.1. The van der Waals surface area contributed by atoms with Gasteiger partial charge in [0.05, 0.1) is 13.1 Å². The van der Waals surface area contributed by atoms with E-state index in [0.717, 1.165) is 31.1 Å². The zero-order chi connectivity index (χ0) is 20.4. The second kappa shape index (κ2) is 13.2. The van der Waals surface area contributed by atoms with Gasteiger partial charge >= 0.3 is 0 Å². The number of hydrogen-bond donors (Lipinski definition) is 3. The minimum atomic E-state index is -0.920. The first kappa shape index (κ1) is 25.9. The third kappa shape index (κ3) is 8.62. The number of halogens is 1. The lowest BCUT2D eigenvalue weighted by molar-refractivity contribution is 0.0655. The average molecular weight is 531 g/mol. The van der Waals surface area contributed by atoms with Crippen LogP contribution in [0, 0.1) is 0 Å². The van der Waals surface area contributed by atoms with Gasteiger partial charge in [0.2, 0.25) is 0 Å². The predicted molar refractivity (Wildman–Crippen MR) is 135 cm³/mol. The molecule has 1 heterocycles. The number of aliphatic hydroxyl groups is 1. The monoisotopic (exact) mass is 530 g/mol. The Kier molecular flexibility index (Phi) is 11.8. The molecule has 0 spiro atoms. The zero-order valence-corrected chi connectivity index (χ0v) is 21.1. The molecule has 1 aromatic heterocycles. The minimum absolute atomic E-state index is 0. The summed E-state index contributed by atoms with van der Waals surface area (Å²) in [6.07, 6.45) is 0. The molecule has 0 saturated heterocycles. The van der Waals surface area contributed by atoms with Crippen LogP contribution in [0.3, 0.4) is 0 Å². The van der Waals surface area contributed by atoms with Crippen LogP contribution in [0.15, 0.2) is 46.8 Å². The van der Waals surface area contributed by atoms with Gasteiger partial charge < -0.3 is 15.7 Å². The minimum Gasteiger partial charge on any atom is -0.383 e. The number of nitrogens with zero attached hydrogens (tertiary/aromatic N) is 2. The van der Waals surface area contributed by atoms with Gasteiger partial charge in [-0.3, -0.25) is 4.90 Å². The molecular formula is C22H35IN4OS. The highest BCUT2D eigenvalue weighted by atomic mass is 127. The van der Waals surface area contributed by atoms with Gasteiger partial charge in [-0.15, -0.1) is 35.3 Å². The number of nitrogens with one attached hydrogen (secondary N) is 2. The molecule has 2 rings (SSSR count). The van der Waals surface area contributed by atoms with Gasteiger partial charge in [0.1, 0.15) is 5.60 Å². The molecule has 162 valence electrons. The summed E-state index contributed by atoms with van der Waals surface area (Å²) in [5.41, 5.74) is 1.58. The lowest BCUT2D eigenvalue weighted by Gasteiger charge is -2.23. The first-order valence-corrected chi connectivity index (χ1v) is 10.9. The highest BCUT2D eigenvalue weighted by Crippen LogP contribution is 2.24. The Morgan fingerprint density at radius 2 is 1.72 bits per heavy atom. The molecule has 0 saturated carbocycles. The number of benzene rings is 1. The SMILES string of the molecule is CCNC(=NCc1ccc(CN(CC)CC)cc1)NCC(C)(O)c1cccs1.I. The van der Waals surface area contributed by atoms with E-state index in [4.69, 9.17) is 0 Å². The van der Waals surface area contributed by atoms with Crippen molar-refractivity contribution in [3.8, 4) is 0 Å². The summed E-state index contributed by atoms with van der Waals surface area (Å²) < 4.78 is 0. The lowest BCUT2D eigenvalue weighted by Crippen LogP contribution is -2.44. The molecule has 5 nitrogen and oxygen atoms in total. The van der Waals surface area contributed by atoms with Gasteiger partial charge in [-0.25, -0.2) is 4.99 Å². The zero-order valence-electron chi connectivity index (χ0n) is 17.9. The Bertz CT molecular complexity index is 713. The summed E-state index contributed by atoms with van der Waals surface area (Å²) in [6, 6.07) is 12.6. The molecular weight excluding hydrogens is 495 g/mol. The van der Waals surface area contributed by atoms with E-state index in [2.05, 4.69) is 58.6 Å². The molecule has 0 fully saturated rings. The molecule has 1 atom stereocenters. The fourth-order valence-corrected chi connectivity index (χ4v) is 3.68. The Balaban J connectivity index is 0.00000420. The molecule has 0 amide bonds. The molecule has 2 aromatic rings. The predicted octanol–water partition coefficient (Wildman–Crippen LogP) is 4.17. The standard InChI is InChI=1S/C22H34N4OS.HI/c1-5-23-21(25-17-22(4,27)20-9-8-14-28-20)24-15-18-10-12-19(13-11-18)16-26(6-2)7-3;/h8-14,27H,5-7,15-17H2,1-4H3,(H2,23,24,25);1H. The summed E-state index contributed by atoms with van der Waals surface area (Å²) in [5.74, 6) is 0.714. The normalized spacial score (nSPS) is 13.7. The fraction of sp³-hybridized carbons (Fsp3) is 0.500. The summed E-state index contributed by atoms with van der Waals surface area (Å²) in [7, 11) is 0. The van der Waals surface area contributed by atoms with Crippen LogP contribution in [0.2, 0.25) is 0 Å². The van der Waals surface area contributed by atoms with E-state index in [-0.39, 0.29) is 24.0 Å². The molecule has 0 aliphatic carbocycles. The summed E-state index contributed by atoms with van der Waals surface area (Å²) in [5, 5.41) is 19.2. The maximum atomic E-state index is 10.7. The molecule has 0 bridgehead atoms. The van der Waals surface area contributed by atoms with Gasteiger partial charge in [-0.05, 0) is 49.5 Å². The van der Waals surface area contributed by atoms with Crippen molar-refractivity contribution >= 4 is 41.3 Å². The van der Waals surface area contributed by atoms with Crippen LogP contribution >= 0.6 is 35.3 Å². The molecule has 7 heteroatoms. The van der Waals surface area contributed by atoms with Crippen molar-refractivity contribution in [1.82, 2.24) is 15.5 Å². The molecule has 29 heavy (non-hydrogen) atoms. The van der Waals surface area contributed by atoms with Gasteiger partial charge in [-0.2, -0.15) is 0 Å². The van der Waals surface area contributed by atoms with E-state index in [1.54, 1.807) is 11.3 Å². The van der Waals surface area contributed by atoms with Gasteiger partial charge in [-0.1, -0.05) is 44.2 Å². The Morgan fingerprint density at radius 1 is 1.07 bits per heavy atom. The molecule has 0 aliphatic rings. The van der Waals surface area contributed by atoms with E-state index in [1.807, 2.05) is 31.4 Å². The van der Waals surface area contributed by atoms with Gasteiger partial charge in [0, 0.05) is 18.0 Å². The summed E-state index contributed by atoms with van der Waals surface area (Å²) in [4.78, 5) is 8.01.